The normalized spacial score (nSPS) is 11.9. The van der Waals surface area contributed by atoms with Gasteiger partial charge in [-0.25, -0.2) is 0 Å². The summed E-state index contributed by atoms with van der Waals surface area (Å²) in [5, 5.41) is 8.85. The van der Waals surface area contributed by atoms with Crippen LogP contribution in [0.1, 0.15) is 33.1 Å². The molecule has 0 aromatic carbocycles. The van der Waals surface area contributed by atoms with E-state index in [0.717, 1.165) is 19.3 Å². The lowest BCUT2D eigenvalue weighted by Gasteiger charge is -1.96. The van der Waals surface area contributed by atoms with Gasteiger partial charge in [0.1, 0.15) is 0 Å². The topological polar surface area (TPSA) is 20.2 Å². The molecule has 1 unspecified atom stereocenters. The SMILES string of the molecule is CCC=C=CCCC(C)O. The maximum Gasteiger partial charge on any atom is 0.0515 e. The van der Waals surface area contributed by atoms with Crippen molar-refractivity contribution >= 4 is 0 Å². The summed E-state index contributed by atoms with van der Waals surface area (Å²) in [6.45, 7) is 3.88. The van der Waals surface area contributed by atoms with E-state index in [-0.39, 0.29) is 6.10 Å². The summed E-state index contributed by atoms with van der Waals surface area (Å²) in [4.78, 5) is 0. The highest BCUT2D eigenvalue weighted by molar-refractivity contribution is 4.83. The van der Waals surface area contributed by atoms with Crippen molar-refractivity contribution in [2.75, 3.05) is 0 Å². The Balaban J connectivity index is 3.26. The van der Waals surface area contributed by atoms with Gasteiger partial charge in [-0.3, -0.25) is 0 Å². The summed E-state index contributed by atoms with van der Waals surface area (Å²) in [5.41, 5.74) is 3.03. The van der Waals surface area contributed by atoms with Crippen molar-refractivity contribution in [1.82, 2.24) is 0 Å². The molecule has 1 nitrogen and oxygen atoms in total. The molecule has 0 bridgehead atoms. The molecule has 0 heterocycles. The monoisotopic (exact) mass is 140 g/mol. The summed E-state index contributed by atoms with van der Waals surface area (Å²) in [5.74, 6) is 0. The van der Waals surface area contributed by atoms with Crippen molar-refractivity contribution < 1.29 is 5.11 Å². The van der Waals surface area contributed by atoms with Crippen molar-refractivity contribution in [3.05, 3.63) is 17.9 Å². The Kier molecular flexibility index (Phi) is 6.25. The van der Waals surface area contributed by atoms with Gasteiger partial charge in [0.2, 0.25) is 0 Å². The van der Waals surface area contributed by atoms with Gasteiger partial charge in [0.05, 0.1) is 6.10 Å². The largest absolute Gasteiger partial charge is 0.393 e. The van der Waals surface area contributed by atoms with Crippen molar-refractivity contribution in [2.24, 2.45) is 0 Å². The Morgan fingerprint density at radius 2 is 2.20 bits per heavy atom. The Hall–Kier alpha value is -0.520. The van der Waals surface area contributed by atoms with E-state index in [0.29, 0.717) is 0 Å². The molecule has 58 valence electrons. The van der Waals surface area contributed by atoms with Crippen LogP contribution in [-0.4, -0.2) is 11.2 Å². The Morgan fingerprint density at radius 3 is 2.70 bits per heavy atom. The lowest BCUT2D eigenvalue weighted by Crippen LogP contribution is -1.96. The Bertz CT molecular complexity index is 119. The van der Waals surface area contributed by atoms with E-state index < -0.39 is 0 Å². The third-order valence-corrected chi connectivity index (χ3v) is 1.17. The van der Waals surface area contributed by atoms with Gasteiger partial charge in [0.25, 0.3) is 0 Å². The fourth-order valence-electron chi connectivity index (χ4n) is 0.609. The van der Waals surface area contributed by atoms with Crippen LogP contribution in [0.15, 0.2) is 17.9 Å². The van der Waals surface area contributed by atoms with E-state index in [4.69, 9.17) is 5.11 Å². The quantitative estimate of drug-likeness (QED) is 0.594. The average Bonchev–Trinajstić information content (AvgIpc) is 1.87. The van der Waals surface area contributed by atoms with E-state index >= 15 is 0 Å². The second kappa shape index (κ2) is 6.60. The van der Waals surface area contributed by atoms with E-state index in [1.807, 2.05) is 12.2 Å². The minimum absolute atomic E-state index is 0.181. The van der Waals surface area contributed by atoms with Gasteiger partial charge in [0.15, 0.2) is 0 Å². The van der Waals surface area contributed by atoms with Gasteiger partial charge in [-0.2, -0.15) is 0 Å². The first-order valence-corrected chi connectivity index (χ1v) is 3.84. The van der Waals surface area contributed by atoms with Crippen molar-refractivity contribution in [3.8, 4) is 0 Å². The third kappa shape index (κ3) is 7.48. The van der Waals surface area contributed by atoms with E-state index in [1.54, 1.807) is 6.92 Å². The highest BCUT2D eigenvalue weighted by Gasteiger charge is 1.89. The van der Waals surface area contributed by atoms with Gasteiger partial charge in [-0.15, -0.1) is 5.73 Å². The number of rotatable bonds is 4. The zero-order valence-corrected chi connectivity index (χ0v) is 6.80. The minimum atomic E-state index is -0.181. The second-order valence-corrected chi connectivity index (χ2v) is 2.41. The molecular weight excluding hydrogens is 124 g/mol. The van der Waals surface area contributed by atoms with Crippen LogP contribution >= 0.6 is 0 Å². The maximum atomic E-state index is 8.85. The first-order chi connectivity index (χ1) is 4.77. The summed E-state index contributed by atoms with van der Waals surface area (Å²) in [7, 11) is 0. The number of hydrogen-bond donors (Lipinski definition) is 1. The molecule has 0 saturated heterocycles. The van der Waals surface area contributed by atoms with Crippen LogP contribution in [0.2, 0.25) is 0 Å². The summed E-state index contributed by atoms with van der Waals surface area (Å²) < 4.78 is 0. The number of aliphatic hydroxyl groups excluding tert-OH is 1. The standard InChI is InChI=1S/C9H16O/c1-3-4-5-6-7-8-9(2)10/h4,6,9-10H,3,7-8H2,1-2H3. The summed E-state index contributed by atoms with van der Waals surface area (Å²) >= 11 is 0. The van der Waals surface area contributed by atoms with Gasteiger partial charge in [0, 0.05) is 0 Å². The highest BCUT2D eigenvalue weighted by Crippen LogP contribution is 1.95. The average molecular weight is 140 g/mol. The summed E-state index contributed by atoms with van der Waals surface area (Å²) in [6, 6.07) is 0. The molecule has 0 aliphatic carbocycles. The molecule has 1 N–H and O–H groups in total. The van der Waals surface area contributed by atoms with Gasteiger partial charge in [-0.05, 0) is 38.3 Å². The van der Waals surface area contributed by atoms with Crippen LogP contribution in [0.5, 0.6) is 0 Å². The predicted octanol–water partition coefficient (Wildman–Crippen LogP) is 2.27. The van der Waals surface area contributed by atoms with Crippen LogP contribution in [0.4, 0.5) is 0 Å². The lowest BCUT2D eigenvalue weighted by atomic mass is 10.2. The molecule has 0 saturated carbocycles. The molecule has 0 aliphatic heterocycles. The first kappa shape index (κ1) is 9.48. The number of allylic oxidation sites excluding steroid dienone is 1. The fourth-order valence-corrected chi connectivity index (χ4v) is 0.609. The maximum absolute atomic E-state index is 8.85. The Morgan fingerprint density at radius 1 is 1.50 bits per heavy atom. The molecule has 0 amide bonds. The predicted molar refractivity (Wildman–Crippen MR) is 43.9 cm³/mol. The molecule has 0 spiro atoms. The second-order valence-electron chi connectivity index (χ2n) is 2.41. The van der Waals surface area contributed by atoms with Crippen LogP contribution in [0.25, 0.3) is 0 Å². The fraction of sp³-hybridized carbons (Fsp3) is 0.667. The van der Waals surface area contributed by atoms with Crippen LogP contribution in [-0.2, 0) is 0 Å². The third-order valence-electron chi connectivity index (χ3n) is 1.17. The van der Waals surface area contributed by atoms with E-state index in [1.165, 1.54) is 0 Å². The summed E-state index contributed by atoms with van der Waals surface area (Å²) in [6.07, 6.45) is 6.57. The van der Waals surface area contributed by atoms with Crippen LogP contribution in [0, 0.1) is 0 Å². The van der Waals surface area contributed by atoms with Gasteiger partial charge >= 0.3 is 0 Å². The molecular formula is C9H16O. The van der Waals surface area contributed by atoms with Crippen molar-refractivity contribution in [1.29, 1.82) is 0 Å². The van der Waals surface area contributed by atoms with Crippen LogP contribution in [0.3, 0.4) is 0 Å². The number of hydrogen-bond acceptors (Lipinski definition) is 1. The lowest BCUT2D eigenvalue weighted by molar-refractivity contribution is 0.186. The first-order valence-electron chi connectivity index (χ1n) is 3.84. The number of aliphatic hydroxyl groups is 1. The molecule has 0 aromatic heterocycles. The molecule has 10 heavy (non-hydrogen) atoms. The van der Waals surface area contributed by atoms with Crippen molar-refractivity contribution in [3.63, 3.8) is 0 Å². The van der Waals surface area contributed by atoms with Gasteiger partial charge in [-0.1, -0.05) is 6.92 Å². The van der Waals surface area contributed by atoms with Crippen LogP contribution < -0.4 is 0 Å². The molecule has 0 aliphatic rings. The molecule has 1 atom stereocenters. The van der Waals surface area contributed by atoms with E-state index in [2.05, 4.69) is 12.7 Å². The molecule has 0 rings (SSSR count). The molecule has 0 fully saturated rings. The molecule has 0 radical (unpaired) electrons. The Labute approximate surface area is 63.1 Å². The zero-order valence-electron chi connectivity index (χ0n) is 6.80. The smallest absolute Gasteiger partial charge is 0.0515 e. The molecule has 1 heteroatoms. The highest BCUT2D eigenvalue weighted by atomic mass is 16.3. The minimum Gasteiger partial charge on any atom is -0.393 e. The van der Waals surface area contributed by atoms with Gasteiger partial charge < -0.3 is 5.11 Å². The molecule has 0 aromatic rings. The zero-order chi connectivity index (χ0) is 7.82. The van der Waals surface area contributed by atoms with Crippen molar-refractivity contribution in [2.45, 2.75) is 39.2 Å². The van der Waals surface area contributed by atoms with E-state index in [9.17, 15) is 0 Å².